The highest BCUT2D eigenvalue weighted by molar-refractivity contribution is 5.68. The number of pyridine rings is 1. The Kier molecular flexibility index (Phi) is 4.71. The second kappa shape index (κ2) is 7.09. The predicted molar refractivity (Wildman–Crippen MR) is 84.6 cm³/mol. The lowest BCUT2D eigenvalue weighted by Gasteiger charge is -2.34. The van der Waals surface area contributed by atoms with E-state index in [1.165, 1.54) is 6.07 Å². The summed E-state index contributed by atoms with van der Waals surface area (Å²) in [6, 6.07) is 14.3. The quantitative estimate of drug-likeness (QED) is 0.817. The molecule has 1 aromatic heterocycles. The zero-order valence-corrected chi connectivity index (χ0v) is 12.7. The van der Waals surface area contributed by atoms with Gasteiger partial charge in [0, 0.05) is 26.2 Å². The number of anilines is 1. The van der Waals surface area contributed by atoms with Crippen LogP contribution in [0, 0.1) is 5.95 Å². The van der Waals surface area contributed by atoms with Gasteiger partial charge in [0.25, 0.3) is 0 Å². The normalized spacial score (nSPS) is 14.7. The van der Waals surface area contributed by atoms with E-state index in [9.17, 15) is 9.18 Å². The molecule has 1 aromatic carbocycles. The molecule has 0 spiro atoms. The molecule has 0 radical (unpaired) electrons. The van der Waals surface area contributed by atoms with Crippen LogP contribution in [0.15, 0.2) is 48.5 Å². The Morgan fingerprint density at radius 3 is 2.48 bits per heavy atom. The van der Waals surface area contributed by atoms with Gasteiger partial charge in [0.2, 0.25) is 5.95 Å². The highest BCUT2D eigenvalue weighted by Crippen LogP contribution is 2.14. The first-order valence-corrected chi connectivity index (χ1v) is 7.55. The Morgan fingerprint density at radius 1 is 1.04 bits per heavy atom. The van der Waals surface area contributed by atoms with E-state index in [1.807, 2.05) is 35.2 Å². The van der Waals surface area contributed by atoms with Gasteiger partial charge in [-0.05, 0) is 17.7 Å². The molecule has 1 aliphatic heterocycles. The van der Waals surface area contributed by atoms with Gasteiger partial charge in [-0.3, -0.25) is 0 Å². The number of carbonyl (C=O) groups is 1. The molecular formula is C17H18FN3O2. The van der Waals surface area contributed by atoms with Crippen LogP contribution in [-0.2, 0) is 11.3 Å². The van der Waals surface area contributed by atoms with E-state index >= 15 is 0 Å². The number of benzene rings is 1. The molecule has 0 unspecified atom stereocenters. The molecule has 2 heterocycles. The van der Waals surface area contributed by atoms with Crippen molar-refractivity contribution in [1.82, 2.24) is 9.88 Å². The lowest BCUT2D eigenvalue weighted by atomic mass is 10.2. The molecule has 6 heteroatoms. The van der Waals surface area contributed by atoms with Crippen molar-refractivity contribution in [1.29, 1.82) is 0 Å². The maximum absolute atomic E-state index is 13.2. The summed E-state index contributed by atoms with van der Waals surface area (Å²) >= 11 is 0. The lowest BCUT2D eigenvalue weighted by molar-refractivity contribution is 0.0941. The minimum atomic E-state index is -0.493. The highest BCUT2D eigenvalue weighted by Gasteiger charge is 2.23. The van der Waals surface area contributed by atoms with E-state index in [0.717, 1.165) is 5.56 Å². The summed E-state index contributed by atoms with van der Waals surface area (Å²) in [6.07, 6.45) is -0.319. The lowest BCUT2D eigenvalue weighted by Crippen LogP contribution is -2.49. The Hall–Kier alpha value is -2.63. The minimum Gasteiger partial charge on any atom is -0.445 e. The third-order valence-electron chi connectivity index (χ3n) is 3.77. The van der Waals surface area contributed by atoms with Gasteiger partial charge < -0.3 is 14.5 Å². The van der Waals surface area contributed by atoms with Gasteiger partial charge in [0.15, 0.2) is 0 Å². The van der Waals surface area contributed by atoms with E-state index in [2.05, 4.69) is 4.98 Å². The van der Waals surface area contributed by atoms with Crippen LogP contribution < -0.4 is 4.90 Å². The molecule has 1 aliphatic rings. The molecule has 120 valence electrons. The van der Waals surface area contributed by atoms with Crippen LogP contribution >= 0.6 is 0 Å². The molecule has 0 atom stereocenters. The SMILES string of the molecule is O=C(OCc1ccccc1)N1CCN(c2cccc(F)n2)CC1. The zero-order chi connectivity index (χ0) is 16.1. The van der Waals surface area contributed by atoms with Gasteiger partial charge in [-0.2, -0.15) is 4.39 Å². The molecule has 0 aliphatic carbocycles. The summed E-state index contributed by atoms with van der Waals surface area (Å²) in [7, 11) is 0. The molecular weight excluding hydrogens is 297 g/mol. The molecule has 0 N–H and O–H groups in total. The third-order valence-corrected chi connectivity index (χ3v) is 3.77. The maximum Gasteiger partial charge on any atom is 0.410 e. The van der Waals surface area contributed by atoms with Crippen molar-refractivity contribution in [2.75, 3.05) is 31.1 Å². The number of nitrogens with zero attached hydrogens (tertiary/aromatic N) is 3. The van der Waals surface area contributed by atoms with Gasteiger partial charge in [0.05, 0.1) is 0 Å². The standard InChI is InChI=1S/C17H18FN3O2/c18-15-7-4-8-16(19-15)20-9-11-21(12-10-20)17(22)23-13-14-5-2-1-3-6-14/h1-8H,9-13H2. The maximum atomic E-state index is 13.2. The zero-order valence-electron chi connectivity index (χ0n) is 12.7. The van der Waals surface area contributed by atoms with Crippen molar-refractivity contribution in [3.8, 4) is 0 Å². The molecule has 1 saturated heterocycles. The van der Waals surface area contributed by atoms with Crippen LogP contribution in [0.25, 0.3) is 0 Å². The molecule has 3 rings (SSSR count). The fourth-order valence-electron chi connectivity index (χ4n) is 2.50. The summed E-state index contributed by atoms with van der Waals surface area (Å²) in [6.45, 7) is 2.55. The summed E-state index contributed by atoms with van der Waals surface area (Å²) in [5.41, 5.74) is 0.962. The van der Waals surface area contributed by atoms with Crippen molar-refractivity contribution in [3.05, 3.63) is 60.0 Å². The number of hydrogen-bond acceptors (Lipinski definition) is 4. The average Bonchev–Trinajstić information content (AvgIpc) is 2.61. The predicted octanol–water partition coefficient (Wildman–Crippen LogP) is 2.68. The third kappa shape index (κ3) is 3.97. The monoisotopic (exact) mass is 315 g/mol. The number of hydrogen-bond donors (Lipinski definition) is 0. The van der Waals surface area contributed by atoms with Crippen LogP contribution in [0.2, 0.25) is 0 Å². The van der Waals surface area contributed by atoms with Gasteiger partial charge in [-0.1, -0.05) is 36.4 Å². The van der Waals surface area contributed by atoms with Crippen LogP contribution in [0.5, 0.6) is 0 Å². The second-order valence-corrected chi connectivity index (χ2v) is 5.33. The number of rotatable bonds is 3. The smallest absolute Gasteiger partial charge is 0.410 e. The van der Waals surface area contributed by atoms with Crippen LogP contribution in [0.4, 0.5) is 15.0 Å². The van der Waals surface area contributed by atoms with Crippen LogP contribution in [0.3, 0.4) is 0 Å². The number of piperazine rings is 1. The van der Waals surface area contributed by atoms with Gasteiger partial charge in [-0.25, -0.2) is 9.78 Å². The Bertz CT molecular complexity index is 658. The van der Waals surface area contributed by atoms with Crippen molar-refractivity contribution in [3.63, 3.8) is 0 Å². The molecule has 23 heavy (non-hydrogen) atoms. The first kappa shape index (κ1) is 15.3. The van der Waals surface area contributed by atoms with Crippen molar-refractivity contribution < 1.29 is 13.9 Å². The Labute approximate surface area is 134 Å². The van der Waals surface area contributed by atoms with E-state index in [4.69, 9.17) is 4.74 Å². The first-order chi connectivity index (χ1) is 11.2. The average molecular weight is 315 g/mol. The fraction of sp³-hybridized carbons (Fsp3) is 0.294. The Morgan fingerprint density at radius 2 is 1.78 bits per heavy atom. The van der Waals surface area contributed by atoms with Gasteiger partial charge in [0.1, 0.15) is 12.4 Å². The van der Waals surface area contributed by atoms with Crippen LogP contribution in [0.1, 0.15) is 5.56 Å². The van der Waals surface area contributed by atoms with Crippen LogP contribution in [-0.4, -0.2) is 42.2 Å². The van der Waals surface area contributed by atoms with E-state index in [1.54, 1.807) is 17.0 Å². The fourth-order valence-corrected chi connectivity index (χ4v) is 2.50. The Balaban J connectivity index is 1.49. The topological polar surface area (TPSA) is 45.7 Å². The minimum absolute atomic E-state index is 0.269. The number of halogens is 1. The van der Waals surface area contributed by atoms with E-state index in [0.29, 0.717) is 32.0 Å². The van der Waals surface area contributed by atoms with Crippen molar-refractivity contribution >= 4 is 11.9 Å². The van der Waals surface area contributed by atoms with Gasteiger partial charge in [-0.15, -0.1) is 0 Å². The summed E-state index contributed by atoms with van der Waals surface area (Å²) in [5.74, 6) is 0.106. The molecule has 0 saturated carbocycles. The number of ether oxygens (including phenoxy) is 1. The summed E-state index contributed by atoms with van der Waals surface area (Å²) < 4.78 is 18.5. The van der Waals surface area contributed by atoms with Crippen molar-refractivity contribution in [2.45, 2.75) is 6.61 Å². The van der Waals surface area contributed by atoms with E-state index in [-0.39, 0.29) is 12.7 Å². The van der Waals surface area contributed by atoms with E-state index < -0.39 is 5.95 Å². The largest absolute Gasteiger partial charge is 0.445 e. The molecule has 5 nitrogen and oxygen atoms in total. The molecule has 1 fully saturated rings. The molecule has 1 amide bonds. The number of carbonyl (C=O) groups excluding carboxylic acids is 1. The van der Waals surface area contributed by atoms with Gasteiger partial charge >= 0.3 is 6.09 Å². The number of aromatic nitrogens is 1. The highest BCUT2D eigenvalue weighted by atomic mass is 19.1. The summed E-state index contributed by atoms with van der Waals surface area (Å²) in [4.78, 5) is 19.6. The molecule has 0 bridgehead atoms. The molecule has 2 aromatic rings. The van der Waals surface area contributed by atoms with Crippen molar-refractivity contribution in [2.24, 2.45) is 0 Å². The first-order valence-electron chi connectivity index (χ1n) is 7.55. The number of amides is 1. The summed E-state index contributed by atoms with van der Waals surface area (Å²) in [5, 5.41) is 0. The second-order valence-electron chi connectivity index (χ2n) is 5.33.